The van der Waals surface area contributed by atoms with E-state index in [1.807, 2.05) is 0 Å². The van der Waals surface area contributed by atoms with Gasteiger partial charge in [0.05, 0.1) is 24.4 Å². The lowest BCUT2D eigenvalue weighted by molar-refractivity contribution is -0.119. The molecule has 5 heteroatoms. The Labute approximate surface area is 112 Å². The normalized spacial score (nSPS) is 14.1. The van der Waals surface area contributed by atoms with Crippen molar-refractivity contribution in [3.05, 3.63) is 23.2 Å². The summed E-state index contributed by atoms with van der Waals surface area (Å²) in [6.07, 6.45) is 2.46. The van der Waals surface area contributed by atoms with Crippen molar-refractivity contribution in [2.45, 2.75) is 12.8 Å². The summed E-state index contributed by atoms with van der Waals surface area (Å²) in [6.45, 7) is 1.01. The van der Waals surface area contributed by atoms with Crippen LogP contribution in [0.5, 0.6) is 5.75 Å². The topological polar surface area (TPSA) is 50.4 Å². The number of nitrogens with one attached hydrogen (secondary N) is 2. The number of ether oxygens (including phenoxy) is 1. The molecule has 1 fully saturated rings. The van der Waals surface area contributed by atoms with Crippen LogP contribution in [0.15, 0.2) is 18.2 Å². The second-order valence-corrected chi connectivity index (χ2v) is 4.85. The van der Waals surface area contributed by atoms with E-state index in [-0.39, 0.29) is 12.5 Å². The molecule has 98 valence electrons. The SMILES string of the molecule is COc1ccc(Cl)c(NCC(=O)NCC2CC2)c1. The van der Waals surface area contributed by atoms with Gasteiger partial charge >= 0.3 is 0 Å². The predicted octanol–water partition coefficient (Wildman–Crippen LogP) is 2.29. The molecule has 4 nitrogen and oxygen atoms in total. The molecule has 1 saturated carbocycles. The third-order valence-corrected chi connectivity index (χ3v) is 3.23. The molecule has 1 amide bonds. The third-order valence-electron chi connectivity index (χ3n) is 2.90. The summed E-state index contributed by atoms with van der Waals surface area (Å²) >= 11 is 6.02. The first kappa shape index (κ1) is 13.0. The summed E-state index contributed by atoms with van der Waals surface area (Å²) in [5, 5.41) is 6.47. The van der Waals surface area contributed by atoms with E-state index in [1.165, 1.54) is 12.8 Å². The van der Waals surface area contributed by atoms with Gasteiger partial charge in [0.2, 0.25) is 5.91 Å². The van der Waals surface area contributed by atoms with Crippen molar-refractivity contribution in [2.24, 2.45) is 5.92 Å². The number of carbonyl (C=O) groups excluding carboxylic acids is 1. The van der Waals surface area contributed by atoms with Gasteiger partial charge in [-0.15, -0.1) is 0 Å². The molecule has 2 N–H and O–H groups in total. The van der Waals surface area contributed by atoms with Gasteiger partial charge in [0.15, 0.2) is 0 Å². The molecule has 1 aromatic carbocycles. The van der Waals surface area contributed by atoms with Gasteiger partial charge in [0.25, 0.3) is 0 Å². The average molecular weight is 269 g/mol. The van der Waals surface area contributed by atoms with Gasteiger partial charge in [-0.25, -0.2) is 0 Å². The highest BCUT2D eigenvalue weighted by Crippen LogP contribution is 2.28. The number of anilines is 1. The average Bonchev–Trinajstić information content (AvgIpc) is 3.19. The summed E-state index contributed by atoms with van der Waals surface area (Å²) in [7, 11) is 1.59. The van der Waals surface area contributed by atoms with E-state index in [9.17, 15) is 4.79 Å². The minimum atomic E-state index is -0.0132. The lowest BCUT2D eigenvalue weighted by Gasteiger charge is -2.10. The first-order chi connectivity index (χ1) is 8.69. The minimum Gasteiger partial charge on any atom is -0.497 e. The molecule has 2 rings (SSSR count). The quantitative estimate of drug-likeness (QED) is 0.832. The maximum atomic E-state index is 11.6. The Hall–Kier alpha value is -1.42. The molecule has 0 spiro atoms. The van der Waals surface area contributed by atoms with Gasteiger partial charge in [-0.2, -0.15) is 0 Å². The second-order valence-electron chi connectivity index (χ2n) is 4.45. The molecule has 0 aliphatic heterocycles. The first-order valence-electron chi connectivity index (χ1n) is 6.03. The molecule has 0 heterocycles. The van der Waals surface area contributed by atoms with Crippen LogP contribution in [-0.2, 0) is 4.79 Å². The van der Waals surface area contributed by atoms with Crippen LogP contribution in [0.25, 0.3) is 0 Å². The first-order valence-corrected chi connectivity index (χ1v) is 6.41. The van der Waals surface area contributed by atoms with Gasteiger partial charge in [-0.1, -0.05) is 11.6 Å². The van der Waals surface area contributed by atoms with Crippen LogP contribution in [0.2, 0.25) is 5.02 Å². The fourth-order valence-electron chi connectivity index (χ4n) is 1.58. The van der Waals surface area contributed by atoms with E-state index in [2.05, 4.69) is 10.6 Å². The molecule has 1 aromatic rings. The largest absolute Gasteiger partial charge is 0.497 e. The molecule has 1 aliphatic rings. The van der Waals surface area contributed by atoms with Crippen molar-refractivity contribution in [1.82, 2.24) is 5.32 Å². The molecule has 0 atom stereocenters. The van der Waals surface area contributed by atoms with Crippen LogP contribution in [-0.4, -0.2) is 26.1 Å². The predicted molar refractivity (Wildman–Crippen MR) is 72.2 cm³/mol. The smallest absolute Gasteiger partial charge is 0.239 e. The number of hydrogen-bond donors (Lipinski definition) is 2. The zero-order valence-corrected chi connectivity index (χ0v) is 11.1. The van der Waals surface area contributed by atoms with E-state index in [4.69, 9.17) is 16.3 Å². The highest BCUT2D eigenvalue weighted by molar-refractivity contribution is 6.33. The fraction of sp³-hybridized carbons (Fsp3) is 0.462. The van der Waals surface area contributed by atoms with Crippen LogP contribution >= 0.6 is 11.6 Å². The second kappa shape index (κ2) is 5.96. The number of methoxy groups -OCH3 is 1. The van der Waals surface area contributed by atoms with Crippen molar-refractivity contribution in [1.29, 1.82) is 0 Å². The number of halogens is 1. The van der Waals surface area contributed by atoms with E-state index in [1.54, 1.807) is 25.3 Å². The highest BCUT2D eigenvalue weighted by atomic mass is 35.5. The summed E-state index contributed by atoms with van der Waals surface area (Å²) in [5.41, 5.74) is 0.706. The Kier molecular flexibility index (Phi) is 4.31. The molecule has 1 aliphatic carbocycles. The Morgan fingerprint density at radius 1 is 1.50 bits per heavy atom. The van der Waals surface area contributed by atoms with Gasteiger partial charge < -0.3 is 15.4 Å². The van der Waals surface area contributed by atoms with Gasteiger partial charge in [-0.05, 0) is 30.9 Å². The Morgan fingerprint density at radius 2 is 2.28 bits per heavy atom. The molecular weight excluding hydrogens is 252 g/mol. The van der Waals surface area contributed by atoms with Crippen LogP contribution in [0.3, 0.4) is 0 Å². The van der Waals surface area contributed by atoms with Gasteiger partial charge in [-0.3, -0.25) is 4.79 Å². The molecule has 0 unspecified atom stereocenters. The molecule has 0 bridgehead atoms. The number of carbonyl (C=O) groups is 1. The lowest BCUT2D eigenvalue weighted by atomic mass is 10.3. The van der Waals surface area contributed by atoms with Crippen molar-refractivity contribution >= 4 is 23.2 Å². The maximum absolute atomic E-state index is 11.6. The standard InChI is InChI=1S/C13H17ClN2O2/c1-18-10-4-5-11(14)12(6-10)15-8-13(17)16-7-9-2-3-9/h4-6,9,15H,2-3,7-8H2,1H3,(H,16,17). The van der Waals surface area contributed by atoms with Crippen LogP contribution in [0, 0.1) is 5.92 Å². The lowest BCUT2D eigenvalue weighted by Crippen LogP contribution is -2.31. The summed E-state index contributed by atoms with van der Waals surface area (Å²) in [6, 6.07) is 5.29. The third kappa shape index (κ3) is 3.81. The molecule has 0 aromatic heterocycles. The van der Waals surface area contributed by atoms with Crippen molar-refractivity contribution in [2.75, 3.05) is 25.5 Å². The summed E-state index contributed by atoms with van der Waals surface area (Å²) < 4.78 is 5.10. The molecule has 0 saturated heterocycles. The van der Waals surface area contributed by atoms with E-state index in [0.717, 1.165) is 6.54 Å². The summed E-state index contributed by atoms with van der Waals surface area (Å²) in [5.74, 6) is 1.38. The molecule has 18 heavy (non-hydrogen) atoms. The van der Waals surface area contributed by atoms with Crippen LogP contribution < -0.4 is 15.4 Å². The van der Waals surface area contributed by atoms with Gasteiger partial charge in [0.1, 0.15) is 5.75 Å². The van der Waals surface area contributed by atoms with Crippen molar-refractivity contribution < 1.29 is 9.53 Å². The summed E-state index contributed by atoms with van der Waals surface area (Å²) in [4.78, 5) is 11.6. The molecule has 0 radical (unpaired) electrons. The monoisotopic (exact) mass is 268 g/mol. The number of rotatable bonds is 6. The number of benzene rings is 1. The van der Waals surface area contributed by atoms with E-state index in [0.29, 0.717) is 22.4 Å². The zero-order chi connectivity index (χ0) is 13.0. The van der Waals surface area contributed by atoms with Crippen LogP contribution in [0.1, 0.15) is 12.8 Å². The highest BCUT2D eigenvalue weighted by Gasteiger charge is 2.21. The zero-order valence-electron chi connectivity index (χ0n) is 10.3. The number of hydrogen-bond acceptors (Lipinski definition) is 3. The number of amides is 1. The van der Waals surface area contributed by atoms with Crippen molar-refractivity contribution in [3.63, 3.8) is 0 Å². The molecular formula is C13H17ClN2O2. The Balaban J connectivity index is 1.82. The van der Waals surface area contributed by atoms with E-state index >= 15 is 0 Å². The van der Waals surface area contributed by atoms with Gasteiger partial charge in [0, 0.05) is 12.6 Å². The Morgan fingerprint density at radius 3 is 2.94 bits per heavy atom. The van der Waals surface area contributed by atoms with E-state index < -0.39 is 0 Å². The minimum absolute atomic E-state index is 0.0132. The Bertz CT molecular complexity index is 433. The fourth-order valence-corrected chi connectivity index (χ4v) is 1.77. The maximum Gasteiger partial charge on any atom is 0.239 e. The van der Waals surface area contributed by atoms with Crippen molar-refractivity contribution in [3.8, 4) is 5.75 Å². The van der Waals surface area contributed by atoms with Crippen LogP contribution in [0.4, 0.5) is 5.69 Å².